The standard InChI is InChI=1S/C23H25N3O3S/c1-14-4-11-18-19(12-14)30-21(26-18)15-5-9-17(10-6-15)25-20(27)13-24-23(2,16-7-8-16)22(28)29-3/h4-6,9-12,16,24H,7-8,13H2,1-3H3,(H,25,27). The van der Waals surface area contributed by atoms with Crippen LogP contribution in [0.1, 0.15) is 25.3 Å². The van der Waals surface area contributed by atoms with Crippen molar-refractivity contribution < 1.29 is 14.3 Å². The predicted molar refractivity (Wildman–Crippen MR) is 120 cm³/mol. The van der Waals surface area contributed by atoms with E-state index < -0.39 is 5.54 Å². The largest absolute Gasteiger partial charge is 0.468 e. The highest BCUT2D eigenvalue weighted by Gasteiger charge is 2.48. The van der Waals surface area contributed by atoms with Gasteiger partial charge in [-0.25, -0.2) is 4.98 Å². The predicted octanol–water partition coefficient (Wildman–Crippen LogP) is 4.14. The second-order valence-corrected chi connectivity index (χ2v) is 8.97. The highest BCUT2D eigenvalue weighted by atomic mass is 32.1. The number of hydrogen-bond donors (Lipinski definition) is 2. The van der Waals surface area contributed by atoms with Crippen molar-refractivity contribution in [2.75, 3.05) is 19.0 Å². The molecule has 0 saturated heterocycles. The van der Waals surface area contributed by atoms with E-state index in [9.17, 15) is 9.59 Å². The maximum atomic E-state index is 12.4. The fourth-order valence-corrected chi connectivity index (χ4v) is 4.65. The van der Waals surface area contributed by atoms with Crippen LogP contribution in [0.2, 0.25) is 0 Å². The molecule has 30 heavy (non-hydrogen) atoms. The Bertz CT molecular complexity index is 1090. The van der Waals surface area contributed by atoms with Crippen LogP contribution in [0.15, 0.2) is 42.5 Å². The number of nitrogens with zero attached hydrogens (tertiary/aromatic N) is 1. The van der Waals surface area contributed by atoms with Crippen molar-refractivity contribution in [3.05, 3.63) is 48.0 Å². The number of hydrogen-bond acceptors (Lipinski definition) is 6. The van der Waals surface area contributed by atoms with Gasteiger partial charge in [-0.2, -0.15) is 0 Å². The monoisotopic (exact) mass is 423 g/mol. The molecule has 1 unspecified atom stereocenters. The quantitative estimate of drug-likeness (QED) is 0.558. The molecule has 1 aliphatic rings. The van der Waals surface area contributed by atoms with Gasteiger partial charge in [-0.15, -0.1) is 11.3 Å². The Morgan fingerprint density at radius 3 is 2.60 bits per heavy atom. The van der Waals surface area contributed by atoms with Gasteiger partial charge in [-0.1, -0.05) is 6.07 Å². The van der Waals surface area contributed by atoms with Crippen molar-refractivity contribution in [1.82, 2.24) is 10.3 Å². The molecule has 0 aliphatic heterocycles. The van der Waals surface area contributed by atoms with Gasteiger partial charge in [0, 0.05) is 11.3 Å². The number of aromatic nitrogens is 1. The van der Waals surface area contributed by atoms with Crippen LogP contribution in [0.5, 0.6) is 0 Å². The lowest BCUT2D eigenvalue weighted by atomic mass is 9.96. The summed E-state index contributed by atoms with van der Waals surface area (Å²) < 4.78 is 6.08. The van der Waals surface area contributed by atoms with E-state index in [4.69, 9.17) is 9.72 Å². The van der Waals surface area contributed by atoms with E-state index in [2.05, 4.69) is 29.7 Å². The average molecular weight is 424 g/mol. The van der Waals surface area contributed by atoms with Crippen LogP contribution in [0.4, 0.5) is 5.69 Å². The van der Waals surface area contributed by atoms with Gasteiger partial charge in [-0.05, 0) is 74.6 Å². The van der Waals surface area contributed by atoms with Crippen LogP contribution in [-0.2, 0) is 14.3 Å². The number of carbonyl (C=O) groups excluding carboxylic acids is 2. The van der Waals surface area contributed by atoms with Gasteiger partial charge in [0.05, 0.1) is 23.9 Å². The molecule has 156 valence electrons. The van der Waals surface area contributed by atoms with Gasteiger partial charge >= 0.3 is 5.97 Å². The highest BCUT2D eigenvalue weighted by molar-refractivity contribution is 7.21. The summed E-state index contributed by atoms with van der Waals surface area (Å²) in [6, 6.07) is 13.9. The van der Waals surface area contributed by atoms with E-state index in [-0.39, 0.29) is 24.3 Å². The van der Waals surface area contributed by atoms with Crippen LogP contribution in [-0.4, -0.2) is 36.1 Å². The summed E-state index contributed by atoms with van der Waals surface area (Å²) in [6.07, 6.45) is 1.93. The minimum Gasteiger partial charge on any atom is -0.468 e. The molecule has 1 saturated carbocycles. The fraction of sp³-hybridized carbons (Fsp3) is 0.348. The smallest absolute Gasteiger partial charge is 0.326 e. The van der Waals surface area contributed by atoms with E-state index in [0.717, 1.165) is 33.6 Å². The Kier molecular flexibility index (Phi) is 5.58. The van der Waals surface area contributed by atoms with E-state index in [1.165, 1.54) is 12.7 Å². The van der Waals surface area contributed by atoms with Crippen LogP contribution >= 0.6 is 11.3 Å². The van der Waals surface area contributed by atoms with E-state index >= 15 is 0 Å². The number of amides is 1. The molecule has 1 atom stereocenters. The SMILES string of the molecule is COC(=O)C(C)(NCC(=O)Nc1ccc(-c2nc3ccc(C)cc3s2)cc1)C1CC1. The molecule has 0 radical (unpaired) electrons. The van der Waals surface area contributed by atoms with E-state index in [1.807, 2.05) is 30.3 Å². The molecule has 7 heteroatoms. The van der Waals surface area contributed by atoms with Gasteiger partial charge in [0.15, 0.2) is 0 Å². The Morgan fingerprint density at radius 1 is 1.20 bits per heavy atom. The van der Waals surface area contributed by atoms with E-state index in [0.29, 0.717) is 5.69 Å². The average Bonchev–Trinajstić information content (AvgIpc) is 3.52. The highest BCUT2D eigenvalue weighted by Crippen LogP contribution is 2.40. The number of thiazole rings is 1. The van der Waals surface area contributed by atoms with Gasteiger partial charge < -0.3 is 10.1 Å². The molecule has 2 aromatic carbocycles. The summed E-state index contributed by atoms with van der Waals surface area (Å²) in [5, 5.41) is 6.92. The molecule has 0 spiro atoms. The van der Waals surface area contributed by atoms with Crippen molar-refractivity contribution in [2.24, 2.45) is 5.92 Å². The van der Waals surface area contributed by atoms with Crippen molar-refractivity contribution in [2.45, 2.75) is 32.2 Å². The van der Waals surface area contributed by atoms with Crippen molar-refractivity contribution in [3.8, 4) is 10.6 Å². The van der Waals surface area contributed by atoms with Crippen LogP contribution in [0, 0.1) is 12.8 Å². The third-order valence-corrected chi connectivity index (χ3v) is 6.65. The zero-order valence-electron chi connectivity index (χ0n) is 17.3. The second-order valence-electron chi connectivity index (χ2n) is 7.94. The van der Waals surface area contributed by atoms with Crippen molar-refractivity contribution >= 4 is 39.1 Å². The molecule has 1 aliphatic carbocycles. The Morgan fingerprint density at radius 2 is 1.93 bits per heavy atom. The summed E-state index contributed by atoms with van der Waals surface area (Å²) in [6.45, 7) is 3.92. The number of ether oxygens (including phenoxy) is 1. The maximum Gasteiger partial charge on any atom is 0.326 e. The zero-order chi connectivity index (χ0) is 21.3. The first-order chi connectivity index (χ1) is 14.4. The molecule has 1 aromatic heterocycles. The van der Waals surface area contributed by atoms with Crippen molar-refractivity contribution in [1.29, 1.82) is 0 Å². The minimum absolute atomic E-state index is 0.0427. The number of benzene rings is 2. The molecule has 4 rings (SSSR count). The number of esters is 1. The third-order valence-electron chi connectivity index (χ3n) is 5.58. The van der Waals surface area contributed by atoms with Gasteiger partial charge in [-0.3, -0.25) is 14.9 Å². The number of aryl methyl sites for hydroxylation is 1. The number of rotatable bonds is 7. The lowest BCUT2D eigenvalue weighted by molar-refractivity contribution is -0.149. The van der Waals surface area contributed by atoms with Gasteiger partial charge in [0.25, 0.3) is 0 Å². The second kappa shape index (κ2) is 8.16. The number of nitrogens with one attached hydrogen (secondary N) is 2. The molecular formula is C23H25N3O3S. The zero-order valence-corrected chi connectivity index (χ0v) is 18.1. The van der Waals surface area contributed by atoms with Crippen LogP contribution in [0.25, 0.3) is 20.8 Å². The lowest BCUT2D eigenvalue weighted by Crippen LogP contribution is -2.54. The number of carbonyl (C=O) groups is 2. The van der Waals surface area contributed by atoms with Gasteiger partial charge in [0.2, 0.25) is 5.91 Å². The molecule has 1 fully saturated rings. The third kappa shape index (κ3) is 4.22. The lowest BCUT2D eigenvalue weighted by Gasteiger charge is -2.27. The number of fused-ring (bicyclic) bond motifs is 1. The molecule has 1 amide bonds. The van der Waals surface area contributed by atoms with Gasteiger partial charge in [0.1, 0.15) is 10.5 Å². The molecule has 2 N–H and O–H groups in total. The Labute approximate surface area is 179 Å². The van der Waals surface area contributed by atoms with Crippen molar-refractivity contribution in [3.63, 3.8) is 0 Å². The normalized spacial score (nSPS) is 15.6. The summed E-state index contributed by atoms with van der Waals surface area (Å²) in [5.74, 6) is -0.309. The first-order valence-corrected chi connectivity index (χ1v) is 10.8. The van der Waals surface area contributed by atoms with Crippen LogP contribution in [0.3, 0.4) is 0 Å². The van der Waals surface area contributed by atoms with E-state index in [1.54, 1.807) is 18.3 Å². The molecule has 6 nitrogen and oxygen atoms in total. The fourth-order valence-electron chi connectivity index (χ4n) is 3.58. The first-order valence-electron chi connectivity index (χ1n) is 10.00. The summed E-state index contributed by atoms with van der Waals surface area (Å²) in [5.41, 5.74) is 3.11. The summed E-state index contributed by atoms with van der Waals surface area (Å²) in [4.78, 5) is 29.2. The Hall–Kier alpha value is -2.77. The first kappa shape index (κ1) is 20.5. The van der Waals surface area contributed by atoms with Crippen LogP contribution < -0.4 is 10.6 Å². The summed E-state index contributed by atoms with van der Waals surface area (Å²) >= 11 is 1.66. The molecule has 0 bridgehead atoms. The number of anilines is 1. The molecular weight excluding hydrogens is 398 g/mol. The minimum atomic E-state index is -0.818. The molecule has 1 heterocycles. The maximum absolute atomic E-state index is 12.4. The Balaban J connectivity index is 1.39. The molecule has 3 aromatic rings. The summed E-state index contributed by atoms with van der Waals surface area (Å²) in [7, 11) is 1.37. The topological polar surface area (TPSA) is 80.3 Å². The number of methoxy groups -OCH3 is 1.